The number of aryl methyl sites for hydroxylation is 1. The lowest BCUT2D eigenvalue weighted by Gasteiger charge is -2.17. The zero-order valence-electron chi connectivity index (χ0n) is 10.7. The molecule has 0 amide bonds. The van der Waals surface area contributed by atoms with E-state index < -0.39 is 0 Å². The molecule has 2 N–H and O–H groups in total. The molecule has 0 saturated heterocycles. The van der Waals surface area contributed by atoms with Gasteiger partial charge >= 0.3 is 0 Å². The minimum Gasteiger partial charge on any atom is -0.396 e. The fourth-order valence-corrected chi connectivity index (χ4v) is 3.58. The van der Waals surface area contributed by atoms with E-state index in [-0.39, 0.29) is 5.41 Å². The third-order valence-electron chi connectivity index (χ3n) is 4.09. The average Bonchev–Trinajstić information content (AvgIpc) is 3.19. The summed E-state index contributed by atoms with van der Waals surface area (Å²) in [7, 11) is 0. The van der Waals surface area contributed by atoms with E-state index in [2.05, 4.69) is 23.5 Å². The number of thioether (sulfide) groups is 1. The van der Waals surface area contributed by atoms with E-state index in [0.717, 1.165) is 13.1 Å². The molecule has 0 unspecified atom stereocenters. The van der Waals surface area contributed by atoms with Gasteiger partial charge in [0.05, 0.1) is 0 Å². The monoisotopic (exact) mass is 263 g/mol. The van der Waals surface area contributed by atoms with E-state index >= 15 is 0 Å². The number of nitrogens with one attached hydrogen (secondary N) is 1. The summed E-state index contributed by atoms with van der Waals surface area (Å²) >= 11 is 1.99. The highest BCUT2D eigenvalue weighted by Gasteiger charge is 2.41. The van der Waals surface area contributed by atoms with Crippen LogP contribution in [-0.2, 0) is 13.0 Å². The van der Waals surface area contributed by atoms with Gasteiger partial charge in [-0.1, -0.05) is 12.1 Å². The Kier molecular flexibility index (Phi) is 3.64. The summed E-state index contributed by atoms with van der Waals surface area (Å²) in [6.07, 6.45) is 4.90. The highest BCUT2D eigenvalue weighted by molar-refractivity contribution is 7.99. The summed E-state index contributed by atoms with van der Waals surface area (Å²) in [5.41, 5.74) is 3.11. The molecule has 0 bridgehead atoms. The molecule has 2 nitrogen and oxygen atoms in total. The van der Waals surface area contributed by atoms with E-state index in [1.807, 2.05) is 11.8 Å². The highest BCUT2D eigenvalue weighted by atomic mass is 32.2. The van der Waals surface area contributed by atoms with E-state index in [1.54, 1.807) is 0 Å². The number of hydrogen-bond donors (Lipinski definition) is 2. The second-order valence-corrected chi connectivity index (χ2v) is 6.79. The van der Waals surface area contributed by atoms with Crippen molar-refractivity contribution in [3.8, 4) is 0 Å². The average molecular weight is 263 g/mol. The first kappa shape index (κ1) is 12.5. The van der Waals surface area contributed by atoms with Crippen molar-refractivity contribution in [2.24, 2.45) is 5.41 Å². The quantitative estimate of drug-likeness (QED) is 0.856. The number of aliphatic hydroxyl groups is 1. The number of rotatable bonds is 5. The van der Waals surface area contributed by atoms with E-state index in [1.165, 1.54) is 47.5 Å². The third-order valence-corrected chi connectivity index (χ3v) is 5.30. The third kappa shape index (κ3) is 2.73. The van der Waals surface area contributed by atoms with Gasteiger partial charge < -0.3 is 10.4 Å². The number of hydrogen-bond acceptors (Lipinski definition) is 3. The van der Waals surface area contributed by atoms with Crippen LogP contribution in [0, 0.1) is 5.41 Å². The molecule has 1 aliphatic carbocycles. The molecule has 1 fully saturated rings. The lowest BCUT2D eigenvalue weighted by molar-refractivity contribution is 0.207. The Morgan fingerprint density at radius 3 is 3.00 bits per heavy atom. The predicted octanol–water partition coefficient (Wildman–Crippen LogP) is 2.59. The van der Waals surface area contributed by atoms with Crippen LogP contribution in [0.1, 0.15) is 30.4 Å². The van der Waals surface area contributed by atoms with Gasteiger partial charge in [-0.15, -0.1) is 11.8 Å². The summed E-state index contributed by atoms with van der Waals surface area (Å²) in [5, 5.41) is 12.8. The van der Waals surface area contributed by atoms with E-state index in [4.69, 9.17) is 0 Å². The van der Waals surface area contributed by atoms with Crippen LogP contribution >= 0.6 is 11.8 Å². The largest absolute Gasteiger partial charge is 0.396 e. The van der Waals surface area contributed by atoms with Crippen LogP contribution in [0.25, 0.3) is 0 Å². The van der Waals surface area contributed by atoms with Crippen LogP contribution in [0.4, 0.5) is 0 Å². The summed E-state index contributed by atoms with van der Waals surface area (Å²) < 4.78 is 0. The van der Waals surface area contributed by atoms with Gasteiger partial charge in [-0.2, -0.15) is 0 Å². The fourth-order valence-electron chi connectivity index (χ4n) is 2.56. The Labute approximate surface area is 113 Å². The van der Waals surface area contributed by atoms with Crippen LogP contribution in [0.2, 0.25) is 0 Å². The maximum absolute atomic E-state index is 9.27. The Bertz CT molecular complexity index is 429. The molecule has 18 heavy (non-hydrogen) atoms. The second-order valence-electron chi connectivity index (χ2n) is 5.66. The second kappa shape index (κ2) is 5.24. The molecular weight excluding hydrogens is 242 g/mol. The molecule has 1 aromatic carbocycles. The Morgan fingerprint density at radius 1 is 1.33 bits per heavy atom. The zero-order valence-corrected chi connectivity index (χ0v) is 11.6. The van der Waals surface area contributed by atoms with Crippen LogP contribution in [0.3, 0.4) is 0 Å². The van der Waals surface area contributed by atoms with Gasteiger partial charge in [-0.25, -0.2) is 0 Å². The molecule has 0 spiro atoms. The summed E-state index contributed by atoms with van der Waals surface area (Å²) in [6.45, 7) is 2.22. The Hall–Kier alpha value is -0.510. The minimum absolute atomic E-state index is 0.212. The molecule has 98 valence electrons. The zero-order chi connectivity index (χ0) is 12.4. The molecule has 3 heteroatoms. The first-order valence-corrected chi connectivity index (χ1v) is 7.86. The van der Waals surface area contributed by atoms with Crippen molar-refractivity contribution in [1.82, 2.24) is 5.32 Å². The maximum atomic E-state index is 9.27. The topological polar surface area (TPSA) is 32.3 Å². The van der Waals surface area contributed by atoms with Gasteiger partial charge in [0, 0.05) is 30.0 Å². The first-order chi connectivity index (χ1) is 8.81. The van der Waals surface area contributed by atoms with Crippen molar-refractivity contribution in [3.05, 3.63) is 29.3 Å². The van der Waals surface area contributed by atoms with Crippen molar-refractivity contribution in [2.75, 3.05) is 18.9 Å². The maximum Gasteiger partial charge on any atom is 0.0499 e. The van der Waals surface area contributed by atoms with Crippen molar-refractivity contribution in [1.29, 1.82) is 0 Å². The van der Waals surface area contributed by atoms with Gasteiger partial charge in [0.25, 0.3) is 0 Å². The molecule has 0 aromatic heterocycles. The number of aliphatic hydroxyl groups excluding tert-OH is 1. The van der Waals surface area contributed by atoms with Crippen molar-refractivity contribution in [2.45, 2.75) is 37.1 Å². The molecule has 1 aromatic rings. The van der Waals surface area contributed by atoms with Gasteiger partial charge in [0.1, 0.15) is 0 Å². The van der Waals surface area contributed by atoms with Gasteiger partial charge in [0.2, 0.25) is 0 Å². The summed E-state index contributed by atoms with van der Waals surface area (Å²) in [5.74, 6) is 1.27. The molecule has 1 aliphatic heterocycles. The molecule has 2 aliphatic rings. The molecule has 0 atom stereocenters. The minimum atomic E-state index is 0.212. The smallest absolute Gasteiger partial charge is 0.0499 e. The lowest BCUT2D eigenvalue weighted by Crippen LogP contribution is -2.26. The van der Waals surface area contributed by atoms with Crippen molar-refractivity contribution < 1.29 is 5.11 Å². The fraction of sp³-hybridized carbons (Fsp3) is 0.600. The Balaban J connectivity index is 1.56. The molecule has 0 radical (unpaired) electrons. The molecule has 1 heterocycles. The SMILES string of the molecule is OCC1(CNCc2ccc3c(c2)CCCS3)CC1. The summed E-state index contributed by atoms with van der Waals surface area (Å²) in [6, 6.07) is 6.87. The van der Waals surface area contributed by atoms with Crippen LogP contribution < -0.4 is 5.32 Å². The summed E-state index contributed by atoms with van der Waals surface area (Å²) in [4.78, 5) is 1.47. The number of benzene rings is 1. The van der Waals surface area contributed by atoms with Gasteiger partial charge in [-0.05, 0) is 48.6 Å². The van der Waals surface area contributed by atoms with Crippen molar-refractivity contribution in [3.63, 3.8) is 0 Å². The van der Waals surface area contributed by atoms with Crippen LogP contribution in [0.15, 0.2) is 23.1 Å². The van der Waals surface area contributed by atoms with Crippen LogP contribution in [-0.4, -0.2) is 24.0 Å². The van der Waals surface area contributed by atoms with Crippen molar-refractivity contribution >= 4 is 11.8 Å². The highest BCUT2D eigenvalue weighted by Crippen LogP contribution is 2.44. The van der Waals surface area contributed by atoms with E-state index in [9.17, 15) is 5.11 Å². The number of fused-ring (bicyclic) bond motifs is 1. The molecular formula is C15H21NOS. The standard InChI is InChI=1S/C15H21NOS/c17-11-15(5-6-15)10-16-9-12-3-4-14-13(8-12)2-1-7-18-14/h3-4,8,16-17H,1-2,5-7,9-11H2. The first-order valence-electron chi connectivity index (χ1n) is 6.88. The predicted molar refractivity (Wildman–Crippen MR) is 75.9 cm³/mol. The van der Waals surface area contributed by atoms with E-state index in [0.29, 0.717) is 6.61 Å². The molecule has 3 rings (SSSR count). The van der Waals surface area contributed by atoms with Gasteiger partial charge in [0.15, 0.2) is 0 Å². The lowest BCUT2D eigenvalue weighted by atomic mass is 10.1. The normalized spacial score (nSPS) is 20.5. The molecule has 1 saturated carbocycles. The van der Waals surface area contributed by atoms with Gasteiger partial charge in [-0.3, -0.25) is 0 Å². The Morgan fingerprint density at radius 2 is 2.22 bits per heavy atom. The van der Waals surface area contributed by atoms with Crippen LogP contribution in [0.5, 0.6) is 0 Å².